The van der Waals surface area contributed by atoms with Crippen LogP contribution in [0, 0.1) is 0 Å². The number of aryl methyl sites for hydroxylation is 1. The Morgan fingerprint density at radius 1 is 0.854 bits per heavy atom. The first-order valence-corrected chi connectivity index (χ1v) is 16.0. The number of amides is 3. The van der Waals surface area contributed by atoms with Gasteiger partial charge in [0.1, 0.15) is 29.7 Å². The first-order chi connectivity index (χ1) is 23.0. The summed E-state index contributed by atoms with van der Waals surface area (Å²) in [7, 11) is 3.22. The first kappa shape index (κ1) is 36.4. The van der Waals surface area contributed by atoms with E-state index in [4.69, 9.17) is 28.4 Å². The standard InChI is InChI=1S/C34H46N4O10/c1-34(2,3)48-32(41)35-14-15-44-16-17-45-18-19-46-20-21-47-26-10-11-27-29(22-26)36(4)33(42)38(27)28-12-13-30(39)37(31(28)40)23-24-6-8-25(43-5)9-7-24/h6-11,22,28H,12-21,23H2,1-5H3,(H,35,41). The normalized spacial score (nSPS) is 15.2. The molecule has 1 unspecified atom stereocenters. The van der Waals surface area contributed by atoms with Crippen LogP contribution < -0.4 is 20.5 Å². The van der Waals surface area contributed by atoms with Crippen LogP contribution in [0.25, 0.3) is 11.0 Å². The van der Waals surface area contributed by atoms with Crippen molar-refractivity contribution < 1.29 is 42.8 Å². The molecule has 1 N–H and O–H groups in total. The molecule has 1 atom stereocenters. The smallest absolute Gasteiger partial charge is 0.407 e. The minimum atomic E-state index is -0.799. The molecule has 0 aliphatic carbocycles. The Morgan fingerprint density at radius 2 is 1.48 bits per heavy atom. The van der Waals surface area contributed by atoms with E-state index in [1.807, 2.05) is 12.1 Å². The Balaban J connectivity index is 1.19. The predicted molar refractivity (Wildman–Crippen MR) is 176 cm³/mol. The van der Waals surface area contributed by atoms with E-state index in [0.29, 0.717) is 68.7 Å². The summed E-state index contributed by atoms with van der Waals surface area (Å²) in [5.41, 5.74) is 1.10. The zero-order chi connectivity index (χ0) is 34.7. The molecule has 14 heteroatoms. The Morgan fingerprint density at radius 3 is 2.12 bits per heavy atom. The van der Waals surface area contributed by atoms with Crippen molar-refractivity contribution in [3.63, 3.8) is 0 Å². The van der Waals surface area contributed by atoms with E-state index in [1.165, 1.54) is 14.0 Å². The molecule has 1 fully saturated rings. The maximum absolute atomic E-state index is 13.6. The summed E-state index contributed by atoms with van der Waals surface area (Å²) in [5.74, 6) is 0.567. The lowest BCUT2D eigenvalue weighted by Gasteiger charge is -2.31. The summed E-state index contributed by atoms with van der Waals surface area (Å²) < 4.78 is 35.6. The summed E-state index contributed by atoms with van der Waals surface area (Å²) >= 11 is 0. The summed E-state index contributed by atoms with van der Waals surface area (Å²) in [5, 5.41) is 2.62. The third kappa shape index (κ3) is 10.1. The fraction of sp³-hybridized carbons (Fsp3) is 0.529. The lowest BCUT2D eigenvalue weighted by atomic mass is 10.0. The molecule has 4 rings (SSSR count). The van der Waals surface area contributed by atoms with Crippen LogP contribution in [0.3, 0.4) is 0 Å². The van der Waals surface area contributed by atoms with Crippen LogP contribution in [0.4, 0.5) is 4.79 Å². The molecule has 2 aromatic carbocycles. The van der Waals surface area contributed by atoms with Crippen molar-refractivity contribution in [3.05, 3.63) is 58.5 Å². The number of imide groups is 1. The molecule has 3 aromatic rings. The second-order valence-electron chi connectivity index (χ2n) is 12.2. The van der Waals surface area contributed by atoms with Gasteiger partial charge >= 0.3 is 11.8 Å². The highest BCUT2D eigenvalue weighted by atomic mass is 16.6. The van der Waals surface area contributed by atoms with Crippen LogP contribution >= 0.6 is 0 Å². The lowest BCUT2D eigenvalue weighted by Crippen LogP contribution is -2.47. The number of nitrogens with zero attached hydrogens (tertiary/aromatic N) is 3. The van der Waals surface area contributed by atoms with Gasteiger partial charge in [0, 0.05) is 26.1 Å². The van der Waals surface area contributed by atoms with E-state index in [0.717, 1.165) is 5.56 Å². The van der Waals surface area contributed by atoms with Gasteiger partial charge in [-0.25, -0.2) is 9.59 Å². The third-order valence-corrected chi connectivity index (χ3v) is 7.51. The van der Waals surface area contributed by atoms with Crippen molar-refractivity contribution in [1.29, 1.82) is 0 Å². The van der Waals surface area contributed by atoms with Crippen LogP contribution in [-0.2, 0) is 42.1 Å². The minimum absolute atomic E-state index is 0.120. The number of carbonyl (C=O) groups is 3. The fourth-order valence-corrected chi connectivity index (χ4v) is 5.17. The molecule has 1 aliphatic heterocycles. The van der Waals surface area contributed by atoms with Crippen LogP contribution in [-0.4, -0.2) is 97.4 Å². The molecule has 48 heavy (non-hydrogen) atoms. The van der Waals surface area contributed by atoms with Gasteiger partial charge in [-0.3, -0.25) is 23.6 Å². The van der Waals surface area contributed by atoms with E-state index in [9.17, 15) is 19.2 Å². The molecular formula is C34H46N4O10. The van der Waals surface area contributed by atoms with Crippen LogP contribution in [0.2, 0.25) is 0 Å². The van der Waals surface area contributed by atoms with Gasteiger partial charge in [-0.1, -0.05) is 12.1 Å². The Labute approximate surface area is 279 Å². The van der Waals surface area contributed by atoms with Gasteiger partial charge in [0.05, 0.1) is 64.3 Å². The van der Waals surface area contributed by atoms with Crippen molar-refractivity contribution in [2.45, 2.75) is 51.8 Å². The molecule has 2 heterocycles. The third-order valence-electron chi connectivity index (χ3n) is 7.51. The highest BCUT2D eigenvalue weighted by Gasteiger charge is 2.37. The Bertz CT molecular complexity index is 1590. The largest absolute Gasteiger partial charge is 0.497 e. The van der Waals surface area contributed by atoms with Gasteiger partial charge in [-0.15, -0.1) is 0 Å². The minimum Gasteiger partial charge on any atom is -0.497 e. The number of likely N-dealkylation sites (tertiary alicyclic amines) is 1. The van der Waals surface area contributed by atoms with E-state index >= 15 is 0 Å². The molecule has 1 saturated heterocycles. The molecule has 0 bridgehead atoms. The summed E-state index contributed by atoms with van der Waals surface area (Å²) in [6.07, 6.45) is -0.0743. The van der Waals surface area contributed by atoms with Crippen molar-refractivity contribution in [2.24, 2.45) is 7.05 Å². The molecule has 1 aromatic heterocycles. The Hall–Kier alpha value is -4.40. The van der Waals surface area contributed by atoms with Gasteiger partial charge in [0.15, 0.2) is 0 Å². The maximum Gasteiger partial charge on any atom is 0.407 e. The SMILES string of the molecule is COc1ccc(CN2C(=O)CCC(n3c(=O)n(C)c4cc(OCCOCCOCCOCCNC(=O)OC(C)(C)C)ccc43)C2=O)cc1. The number of benzene rings is 2. The first-order valence-electron chi connectivity index (χ1n) is 16.0. The number of hydrogen-bond donors (Lipinski definition) is 1. The highest BCUT2D eigenvalue weighted by Crippen LogP contribution is 2.29. The number of rotatable bonds is 17. The number of nitrogens with one attached hydrogen (secondary N) is 1. The number of methoxy groups -OCH3 is 1. The van der Waals surface area contributed by atoms with E-state index in [2.05, 4.69) is 5.32 Å². The zero-order valence-corrected chi connectivity index (χ0v) is 28.3. The number of fused-ring (bicyclic) bond motifs is 1. The Kier molecular flexibility index (Phi) is 13.0. The van der Waals surface area contributed by atoms with Gasteiger partial charge in [0.25, 0.3) is 5.91 Å². The molecule has 0 spiro atoms. The molecule has 14 nitrogen and oxygen atoms in total. The molecule has 262 valence electrons. The quantitative estimate of drug-likeness (QED) is 0.168. The van der Waals surface area contributed by atoms with Crippen molar-refractivity contribution in [3.8, 4) is 11.5 Å². The second-order valence-corrected chi connectivity index (χ2v) is 12.2. The van der Waals surface area contributed by atoms with E-state index in [1.54, 1.807) is 65.3 Å². The summed E-state index contributed by atoms with van der Waals surface area (Å²) in [4.78, 5) is 52.5. The monoisotopic (exact) mass is 670 g/mol. The molecule has 0 radical (unpaired) electrons. The van der Waals surface area contributed by atoms with E-state index in [-0.39, 0.29) is 37.6 Å². The fourth-order valence-electron chi connectivity index (χ4n) is 5.17. The number of imidazole rings is 1. The summed E-state index contributed by atoms with van der Waals surface area (Å²) in [6.45, 7) is 8.41. The number of alkyl carbamates (subject to hydrolysis) is 1. The average molecular weight is 671 g/mol. The van der Waals surface area contributed by atoms with Gasteiger partial charge in [-0.05, 0) is 57.0 Å². The second kappa shape index (κ2) is 17.1. The van der Waals surface area contributed by atoms with Gasteiger partial charge < -0.3 is 33.7 Å². The molecular weight excluding hydrogens is 624 g/mol. The average Bonchev–Trinajstić information content (AvgIpc) is 3.29. The topological polar surface area (TPSA) is 149 Å². The van der Waals surface area contributed by atoms with Crippen LogP contribution in [0.1, 0.15) is 45.2 Å². The van der Waals surface area contributed by atoms with Crippen LogP contribution in [0.5, 0.6) is 11.5 Å². The number of hydrogen-bond acceptors (Lipinski definition) is 10. The highest BCUT2D eigenvalue weighted by molar-refractivity contribution is 6.00. The number of ether oxygens (including phenoxy) is 6. The molecule has 0 saturated carbocycles. The van der Waals surface area contributed by atoms with Crippen molar-refractivity contribution in [2.75, 3.05) is 59.9 Å². The predicted octanol–water partition coefficient (Wildman–Crippen LogP) is 3.19. The van der Waals surface area contributed by atoms with Gasteiger partial charge in [-0.2, -0.15) is 0 Å². The number of carbonyl (C=O) groups excluding carboxylic acids is 3. The summed E-state index contributed by atoms with van der Waals surface area (Å²) in [6, 6.07) is 11.6. The van der Waals surface area contributed by atoms with Crippen molar-refractivity contribution in [1.82, 2.24) is 19.4 Å². The molecule has 3 amide bonds. The van der Waals surface area contributed by atoms with Crippen molar-refractivity contribution >= 4 is 28.9 Å². The number of aromatic nitrogens is 2. The lowest BCUT2D eigenvalue weighted by molar-refractivity contribution is -0.151. The zero-order valence-electron chi connectivity index (χ0n) is 28.3. The van der Waals surface area contributed by atoms with E-state index < -0.39 is 23.6 Å². The van der Waals surface area contributed by atoms with Crippen LogP contribution in [0.15, 0.2) is 47.3 Å². The number of piperidine rings is 1. The maximum atomic E-state index is 13.6. The van der Waals surface area contributed by atoms with Gasteiger partial charge in [0.2, 0.25) is 5.91 Å². The molecule has 1 aliphatic rings.